The van der Waals surface area contributed by atoms with Gasteiger partial charge in [-0.3, -0.25) is 14.7 Å². The minimum absolute atomic E-state index is 0.257. The topological polar surface area (TPSA) is 73.8 Å². The molecule has 0 saturated heterocycles. The van der Waals surface area contributed by atoms with E-state index in [-0.39, 0.29) is 12.5 Å². The highest BCUT2D eigenvalue weighted by Gasteiger charge is 2.25. The van der Waals surface area contributed by atoms with Crippen LogP contribution >= 0.6 is 11.3 Å². The van der Waals surface area contributed by atoms with Crippen LogP contribution in [-0.4, -0.2) is 37.2 Å². The number of ether oxygens (including phenoxy) is 3. The van der Waals surface area contributed by atoms with Crippen molar-refractivity contribution in [1.29, 1.82) is 0 Å². The number of carbonyl (C=O) groups is 1. The van der Waals surface area contributed by atoms with Crippen molar-refractivity contribution in [2.24, 2.45) is 0 Å². The van der Waals surface area contributed by atoms with Gasteiger partial charge in [0, 0.05) is 12.3 Å². The zero-order chi connectivity index (χ0) is 21.8. The number of anilines is 1. The van der Waals surface area contributed by atoms with Crippen LogP contribution in [0.3, 0.4) is 0 Å². The van der Waals surface area contributed by atoms with Gasteiger partial charge in [-0.2, -0.15) is 0 Å². The first-order chi connectivity index (χ1) is 15.1. The largest absolute Gasteiger partial charge is 0.497 e. The summed E-state index contributed by atoms with van der Waals surface area (Å²) in [5, 5.41) is 0.559. The summed E-state index contributed by atoms with van der Waals surface area (Å²) < 4.78 is 17.0. The Labute approximate surface area is 183 Å². The summed E-state index contributed by atoms with van der Waals surface area (Å²) in [6.07, 6.45) is 1.70. The number of fused-ring (bicyclic) bond motifs is 1. The second-order valence-electron chi connectivity index (χ2n) is 6.61. The third kappa shape index (κ3) is 4.29. The lowest BCUT2D eigenvalue weighted by molar-refractivity contribution is 0.0981. The van der Waals surface area contributed by atoms with E-state index < -0.39 is 0 Å². The smallest absolute Gasteiger partial charge is 0.264 e. The van der Waals surface area contributed by atoms with Crippen LogP contribution in [-0.2, 0) is 6.54 Å². The van der Waals surface area contributed by atoms with Gasteiger partial charge < -0.3 is 14.2 Å². The van der Waals surface area contributed by atoms with E-state index in [1.807, 2.05) is 36.4 Å². The van der Waals surface area contributed by atoms with Gasteiger partial charge in [-0.1, -0.05) is 17.4 Å². The van der Waals surface area contributed by atoms with Crippen LogP contribution in [0.5, 0.6) is 17.2 Å². The molecule has 158 valence electrons. The Morgan fingerprint density at radius 3 is 2.45 bits per heavy atom. The van der Waals surface area contributed by atoms with Crippen LogP contribution in [0, 0.1) is 0 Å². The molecule has 0 atom stereocenters. The molecule has 0 unspecified atom stereocenters. The third-order valence-electron chi connectivity index (χ3n) is 4.74. The van der Waals surface area contributed by atoms with Crippen LogP contribution in [0.2, 0.25) is 0 Å². The normalized spacial score (nSPS) is 10.7. The van der Waals surface area contributed by atoms with Crippen molar-refractivity contribution in [2.45, 2.75) is 6.54 Å². The highest BCUT2D eigenvalue weighted by molar-refractivity contribution is 7.22. The molecular weight excluding hydrogens is 414 g/mol. The fraction of sp³-hybridized carbons (Fsp3) is 0.174. The number of hydrogen-bond donors (Lipinski definition) is 0. The number of amides is 1. The molecule has 0 N–H and O–H groups in total. The van der Waals surface area contributed by atoms with Crippen molar-refractivity contribution in [1.82, 2.24) is 9.97 Å². The highest BCUT2D eigenvalue weighted by Crippen LogP contribution is 2.34. The lowest BCUT2D eigenvalue weighted by atomic mass is 10.1. The number of benzene rings is 2. The lowest BCUT2D eigenvalue weighted by Gasteiger charge is -2.21. The molecule has 0 aliphatic rings. The van der Waals surface area contributed by atoms with Gasteiger partial charge in [0.15, 0.2) is 5.13 Å². The number of carbonyl (C=O) groups excluding carboxylic acids is 1. The van der Waals surface area contributed by atoms with E-state index in [4.69, 9.17) is 19.2 Å². The number of pyridine rings is 1. The number of hydrogen-bond acceptors (Lipinski definition) is 7. The van der Waals surface area contributed by atoms with Gasteiger partial charge in [0.25, 0.3) is 5.91 Å². The van der Waals surface area contributed by atoms with E-state index in [9.17, 15) is 4.79 Å². The molecule has 31 heavy (non-hydrogen) atoms. The minimum atomic E-state index is -0.257. The number of aromatic nitrogens is 2. The zero-order valence-electron chi connectivity index (χ0n) is 17.4. The lowest BCUT2D eigenvalue weighted by Crippen LogP contribution is -2.31. The average molecular weight is 436 g/mol. The first kappa shape index (κ1) is 20.6. The molecule has 8 heteroatoms. The molecule has 4 aromatic rings. The van der Waals surface area contributed by atoms with Crippen LogP contribution in [0.15, 0.2) is 60.8 Å². The number of methoxy groups -OCH3 is 3. The van der Waals surface area contributed by atoms with E-state index in [0.717, 1.165) is 15.9 Å². The quantitative estimate of drug-likeness (QED) is 0.424. The molecular formula is C23H21N3O4S. The number of rotatable bonds is 7. The Balaban J connectivity index is 1.80. The maximum absolute atomic E-state index is 13.7. The second kappa shape index (κ2) is 9.01. The van der Waals surface area contributed by atoms with Gasteiger partial charge in [0.2, 0.25) is 0 Å². The predicted molar refractivity (Wildman–Crippen MR) is 120 cm³/mol. The molecule has 0 aliphatic heterocycles. The van der Waals surface area contributed by atoms with E-state index in [1.165, 1.54) is 18.4 Å². The summed E-state index contributed by atoms with van der Waals surface area (Å²) >= 11 is 1.43. The standard InChI is InChI=1S/C23H21N3O4S/c1-28-16-7-9-20(30-3)18(12-16)22(27)26(14-15-6-4-5-11-24-15)23-25-19-13-17(29-2)8-10-21(19)31-23/h4-13H,14H2,1-3H3. The summed E-state index contributed by atoms with van der Waals surface area (Å²) in [5.74, 6) is 1.48. The maximum Gasteiger partial charge on any atom is 0.264 e. The Hall–Kier alpha value is -3.65. The summed E-state index contributed by atoms with van der Waals surface area (Å²) in [7, 11) is 4.70. The van der Waals surface area contributed by atoms with Crippen molar-refractivity contribution in [3.63, 3.8) is 0 Å². The number of nitrogens with zero attached hydrogens (tertiary/aromatic N) is 3. The van der Waals surface area contributed by atoms with Crippen LogP contribution < -0.4 is 19.1 Å². The Morgan fingerprint density at radius 1 is 0.968 bits per heavy atom. The van der Waals surface area contributed by atoms with E-state index in [0.29, 0.717) is 27.9 Å². The first-order valence-corrected chi connectivity index (χ1v) is 10.3. The van der Waals surface area contributed by atoms with Crippen molar-refractivity contribution < 1.29 is 19.0 Å². The van der Waals surface area contributed by atoms with E-state index >= 15 is 0 Å². The maximum atomic E-state index is 13.7. The summed E-state index contributed by atoms with van der Waals surface area (Å²) in [4.78, 5) is 24.4. The molecule has 0 bridgehead atoms. The fourth-order valence-corrected chi connectivity index (χ4v) is 4.09. The van der Waals surface area contributed by atoms with Crippen LogP contribution in [0.1, 0.15) is 16.1 Å². The van der Waals surface area contributed by atoms with Gasteiger partial charge in [-0.25, -0.2) is 4.98 Å². The van der Waals surface area contributed by atoms with E-state index in [1.54, 1.807) is 43.5 Å². The zero-order valence-corrected chi connectivity index (χ0v) is 18.2. The first-order valence-electron chi connectivity index (χ1n) is 9.51. The average Bonchev–Trinajstić information content (AvgIpc) is 3.25. The Kier molecular flexibility index (Phi) is 5.99. The van der Waals surface area contributed by atoms with Gasteiger partial charge in [-0.05, 0) is 42.5 Å². The van der Waals surface area contributed by atoms with Gasteiger partial charge in [0.1, 0.15) is 17.2 Å². The molecule has 0 radical (unpaired) electrons. The highest BCUT2D eigenvalue weighted by atomic mass is 32.1. The van der Waals surface area contributed by atoms with Gasteiger partial charge in [-0.15, -0.1) is 0 Å². The Morgan fingerprint density at radius 2 is 1.74 bits per heavy atom. The number of thiazole rings is 1. The van der Waals surface area contributed by atoms with Gasteiger partial charge in [0.05, 0.1) is 49.3 Å². The third-order valence-corrected chi connectivity index (χ3v) is 5.80. The van der Waals surface area contributed by atoms with Crippen molar-refractivity contribution in [3.8, 4) is 17.2 Å². The molecule has 4 rings (SSSR count). The molecule has 1 amide bonds. The molecule has 0 aliphatic carbocycles. The molecule has 2 aromatic carbocycles. The van der Waals surface area contributed by atoms with E-state index in [2.05, 4.69) is 4.98 Å². The monoisotopic (exact) mass is 435 g/mol. The summed E-state index contributed by atoms with van der Waals surface area (Å²) in [5.41, 5.74) is 1.89. The Bertz CT molecular complexity index is 1210. The summed E-state index contributed by atoms with van der Waals surface area (Å²) in [6, 6.07) is 16.4. The van der Waals surface area contributed by atoms with Crippen LogP contribution in [0.25, 0.3) is 10.2 Å². The fourth-order valence-electron chi connectivity index (χ4n) is 3.14. The van der Waals surface area contributed by atoms with Crippen molar-refractivity contribution in [3.05, 3.63) is 72.1 Å². The minimum Gasteiger partial charge on any atom is -0.497 e. The molecule has 0 saturated carbocycles. The second-order valence-corrected chi connectivity index (χ2v) is 7.62. The molecule has 0 fully saturated rings. The van der Waals surface area contributed by atoms with Crippen molar-refractivity contribution in [2.75, 3.05) is 26.2 Å². The molecule has 7 nitrogen and oxygen atoms in total. The van der Waals surface area contributed by atoms with Gasteiger partial charge >= 0.3 is 0 Å². The summed E-state index contributed by atoms with van der Waals surface area (Å²) in [6.45, 7) is 0.261. The van der Waals surface area contributed by atoms with Crippen LogP contribution in [0.4, 0.5) is 5.13 Å². The molecule has 2 aromatic heterocycles. The van der Waals surface area contributed by atoms with Crippen molar-refractivity contribution >= 4 is 32.6 Å². The molecule has 0 spiro atoms. The predicted octanol–water partition coefficient (Wildman–Crippen LogP) is 4.56. The SMILES string of the molecule is COc1ccc(OC)c(C(=O)N(Cc2ccccn2)c2nc3cc(OC)ccc3s2)c1. The molecule has 2 heterocycles.